The average Bonchev–Trinajstić information content (AvgIpc) is 3.08. The minimum Gasteiger partial charge on any atom is -0.480 e. The van der Waals surface area contributed by atoms with Crippen molar-refractivity contribution in [1.29, 1.82) is 0 Å². The summed E-state index contributed by atoms with van der Waals surface area (Å²) in [5.41, 5.74) is 2.53. The Kier molecular flexibility index (Phi) is 5.63. The first-order valence-electron chi connectivity index (χ1n) is 9.07. The molecule has 0 saturated carbocycles. The Morgan fingerprint density at radius 3 is 2.69 bits per heavy atom. The van der Waals surface area contributed by atoms with Crippen LogP contribution in [0.3, 0.4) is 0 Å². The quantitative estimate of drug-likeness (QED) is 0.570. The molecule has 0 spiro atoms. The van der Waals surface area contributed by atoms with Crippen molar-refractivity contribution in [3.05, 3.63) is 22.1 Å². The molecule has 0 unspecified atom stereocenters. The zero-order valence-corrected chi connectivity index (χ0v) is 19.2. The predicted octanol–water partition coefficient (Wildman–Crippen LogP) is 3.89. The molecule has 0 aliphatic carbocycles. The summed E-state index contributed by atoms with van der Waals surface area (Å²) in [5.74, 6) is 0.882. The van der Waals surface area contributed by atoms with Crippen LogP contribution in [0.15, 0.2) is 22.1 Å². The lowest BCUT2D eigenvalue weighted by atomic mass is 10.1. The van der Waals surface area contributed by atoms with Gasteiger partial charge in [0.1, 0.15) is 11.2 Å². The van der Waals surface area contributed by atoms with Crippen LogP contribution >= 0.6 is 27.3 Å². The number of halogens is 1. The van der Waals surface area contributed by atoms with E-state index in [4.69, 9.17) is 14.7 Å². The number of piperidine rings is 1. The van der Waals surface area contributed by atoms with Crippen molar-refractivity contribution in [3.8, 4) is 17.1 Å². The molecule has 0 bridgehead atoms. The summed E-state index contributed by atoms with van der Waals surface area (Å²) in [6.07, 6.45) is 6.19. The monoisotopic (exact) mass is 497 g/mol. The van der Waals surface area contributed by atoms with Gasteiger partial charge < -0.3 is 9.64 Å². The van der Waals surface area contributed by atoms with Crippen LogP contribution in [0, 0.1) is 0 Å². The van der Waals surface area contributed by atoms with Crippen molar-refractivity contribution >= 4 is 59.1 Å². The first kappa shape index (κ1) is 20.3. The SMILES string of the molecule is COc1ncc(-c2nc(N3CCCCC3)nc3c(Br)csc23)cc1NS(C)(=O)=O. The Hall–Kier alpha value is -1.98. The van der Waals surface area contributed by atoms with Crippen molar-refractivity contribution in [2.75, 3.05) is 36.1 Å². The third-order valence-electron chi connectivity index (χ3n) is 4.61. The number of hydrogen-bond acceptors (Lipinski definition) is 8. The summed E-state index contributed by atoms with van der Waals surface area (Å²) in [7, 11) is -2.04. The second-order valence-corrected chi connectivity index (χ2v) is 10.3. The lowest BCUT2D eigenvalue weighted by molar-refractivity contribution is 0.400. The van der Waals surface area contributed by atoms with E-state index in [1.54, 1.807) is 12.3 Å². The van der Waals surface area contributed by atoms with Crippen LogP contribution in [-0.2, 0) is 10.0 Å². The molecule has 4 heterocycles. The van der Waals surface area contributed by atoms with Gasteiger partial charge in [-0.1, -0.05) is 0 Å². The molecular weight excluding hydrogens is 478 g/mol. The Labute approximate surface area is 181 Å². The van der Waals surface area contributed by atoms with Crippen LogP contribution < -0.4 is 14.4 Å². The summed E-state index contributed by atoms with van der Waals surface area (Å²) >= 11 is 5.11. The summed E-state index contributed by atoms with van der Waals surface area (Å²) in [6, 6.07) is 1.70. The molecule has 0 aromatic carbocycles. The fourth-order valence-corrected chi connectivity index (χ4v) is 5.45. The fraction of sp³-hybridized carbons (Fsp3) is 0.389. The number of nitrogens with zero attached hydrogens (tertiary/aromatic N) is 4. The maximum Gasteiger partial charge on any atom is 0.238 e. The van der Waals surface area contributed by atoms with E-state index in [1.165, 1.54) is 24.9 Å². The molecule has 29 heavy (non-hydrogen) atoms. The number of anilines is 2. The summed E-state index contributed by atoms with van der Waals surface area (Å²) in [5, 5.41) is 1.98. The second kappa shape index (κ2) is 8.04. The smallest absolute Gasteiger partial charge is 0.238 e. The van der Waals surface area contributed by atoms with E-state index in [0.717, 1.165) is 52.6 Å². The van der Waals surface area contributed by atoms with Crippen LogP contribution in [0.2, 0.25) is 0 Å². The van der Waals surface area contributed by atoms with Crippen molar-refractivity contribution < 1.29 is 13.2 Å². The van der Waals surface area contributed by atoms with Crippen LogP contribution in [0.4, 0.5) is 11.6 Å². The van der Waals surface area contributed by atoms with Gasteiger partial charge in [-0.2, -0.15) is 0 Å². The Bertz CT molecular complexity index is 1160. The molecule has 1 fully saturated rings. The van der Waals surface area contributed by atoms with Gasteiger partial charge in [-0.05, 0) is 41.3 Å². The standard InChI is InChI=1S/C18H20BrN5O3S2/c1-27-17-13(23-29(2,25)26)8-11(9-20-17)14-16-15(12(19)10-28-16)22-18(21-14)24-6-4-3-5-7-24/h8-10,23H,3-7H2,1-2H3. The van der Waals surface area contributed by atoms with Crippen molar-refractivity contribution in [1.82, 2.24) is 15.0 Å². The largest absolute Gasteiger partial charge is 0.480 e. The van der Waals surface area contributed by atoms with Gasteiger partial charge in [-0.15, -0.1) is 11.3 Å². The second-order valence-electron chi connectivity index (χ2n) is 6.84. The number of ether oxygens (including phenoxy) is 1. The number of methoxy groups -OCH3 is 1. The number of sulfonamides is 1. The molecule has 0 amide bonds. The molecule has 0 radical (unpaired) electrons. The lowest BCUT2D eigenvalue weighted by Crippen LogP contribution is -2.31. The molecule has 3 aromatic heterocycles. The van der Waals surface area contributed by atoms with E-state index in [0.29, 0.717) is 11.5 Å². The highest BCUT2D eigenvalue weighted by Gasteiger charge is 2.21. The van der Waals surface area contributed by atoms with E-state index in [-0.39, 0.29) is 11.6 Å². The molecule has 154 valence electrons. The summed E-state index contributed by atoms with van der Waals surface area (Å²) in [6.45, 7) is 1.85. The Morgan fingerprint density at radius 2 is 2.00 bits per heavy atom. The zero-order valence-electron chi connectivity index (χ0n) is 16.0. The van der Waals surface area contributed by atoms with Crippen LogP contribution in [-0.4, -0.2) is 49.8 Å². The van der Waals surface area contributed by atoms with Crippen LogP contribution in [0.1, 0.15) is 19.3 Å². The van der Waals surface area contributed by atoms with Gasteiger partial charge in [-0.25, -0.2) is 23.4 Å². The van der Waals surface area contributed by atoms with Gasteiger partial charge in [0.25, 0.3) is 0 Å². The summed E-state index contributed by atoms with van der Waals surface area (Å²) in [4.78, 5) is 16.1. The molecular formula is C18H20BrN5O3S2. The first-order chi connectivity index (χ1) is 13.9. The fourth-order valence-electron chi connectivity index (χ4n) is 3.33. The first-order valence-corrected chi connectivity index (χ1v) is 12.6. The van der Waals surface area contributed by atoms with Crippen molar-refractivity contribution in [2.24, 2.45) is 0 Å². The van der Waals surface area contributed by atoms with Crippen LogP contribution in [0.25, 0.3) is 21.5 Å². The van der Waals surface area contributed by atoms with Crippen molar-refractivity contribution in [2.45, 2.75) is 19.3 Å². The van der Waals surface area contributed by atoms with Gasteiger partial charge in [0, 0.05) is 30.2 Å². The number of rotatable bonds is 5. The number of thiophene rings is 1. The maximum atomic E-state index is 11.8. The van der Waals surface area contributed by atoms with Gasteiger partial charge in [0.2, 0.25) is 21.9 Å². The van der Waals surface area contributed by atoms with E-state index in [9.17, 15) is 8.42 Å². The topological polar surface area (TPSA) is 97.3 Å². The highest BCUT2D eigenvalue weighted by molar-refractivity contribution is 9.10. The number of hydrogen-bond donors (Lipinski definition) is 1. The van der Waals surface area contributed by atoms with Gasteiger partial charge in [0.05, 0.1) is 28.2 Å². The van der Waals surface area contributed by atoms with E-state index < -0.39 is 10.0 Å². The summed E-state index contributed by atoms with van der Waals surface area (Å²) < 4.78 is 33.0. The average molecular weight is 498 g/mol. The van der Waals surface area contributed by atoms with E-state index in [1.807, 2.05) is 5.38 Å². The number of nitrogens with one attached hydrogen (secondary N) is 1. The molecule has 8 nitrogen and oxygen atoms in total. The minimum absolute atomic E-state index is 0.202. The molecule has 0 atom stereocenters. The van der Waals surface area contributed by atoms with Gasteiger partial charge in [-0.3, -0.25) is 4.72 Å². The maximum absolute atomic E-state index is 11.8. The highest BCUT2D eigenvalue weighted by Crippen LogP contribution is 2.38. The predicted molar refractivity (Wildman–Crippen MR) is 119 cm³/mol. The Morgan fingerprint density at radius 1 is 1.24 bits per heavy atom. The molecule has 1 aliphatic rings. The van der Waals surface area contributed by atoms with Crippen LogP contribution in [0.5, 0.6) is 5.88 Å². The molecule has 4 rings (SSSR count). The number of pyridine rings is 1. The van der Waals surface area contributed by atoms with E-state index in [2.05, 4.69) is 30.5 Å². The van der Waals surface area contributed by atoms with E-state index >= 15 is 0 Å². The number of aromatic nitrogens is 3. The molecule has 1 aliphatic heterocycles. The molecule has 3 aromatic rings. The van der Waals surface area contributed by atoms with Gasteiger partial charge in [0.15, 0.2) is 0 Å². The highest BCUT2D eigenvalue weighted by atomic mass is 79.9. The Balaban J connectivity index is 1.87. The zero-order chi connectivity index (χ0) is 20.6. The normalized spacial score (nSPS) is 14.9. The van der Waals surface area contributed by atoms with Gasteiger partial charge >= 0.3 is 0 Å². The van der Waals surface area contributed by atoms with Crippen molar-refractivity contribution in [3.63, 3.8) is 0 Å². The molecule has 1 saturated heterocycles. The molecule has 11 heteroatoms. The molecule has 1 N–H and O–H groups in total. The third kappa shape index (κ3) is 4.31. The minimum atomic E-state index is -3.49. The number of fused-ring (bicyclic) bond motifs is 1. The lowest BCUT2D eigenvalue weighted by Gasteiger charge is -2.27. The third-order valence-corrected chi connectivity index (χ3v) is 7.09.